The Kier molecular flexibility index (Phi) is 2.37. The minimum Gasteiger partial charge on any atom is -0.387 e. The largest absolute Gasteiger partial charge is 0.387 e. The summed E-state index contributed by atoms with van der Waals surface area (Å²) in [6.07, 6.45) is 3.71. The fourth-order valence-corrected chi connectivity index (χ4v) is 2.38. The molecule has 0 bridgehead atoms. The van der Waals surface area contributed by atoms with Crippen LogP contribution in [0, 0.1) is 10.8 Å². The second-order valence-corrected chi connectivity index (χ2v) is 5.73. The van der Waals surface area contributed by atoms with Gasteiger partial charge >= 0.3 is 0 Å². The summed E-state index contributed by atoms with van der Waals surface area (Å²) in [5.74, 6) is 0. The van der Waals surface area contributed by atoms with Gasteiger partial charge in [-0.3, -0.25) is 4.98 Å². The third-order valence-corrected chi connectivity index (χ3v) is 4.36. The van der Waals surface area contributed by atoms with Gasteiger partial charge in [0.1, 0.15) is 0 Å². The monoisotopic (exact) mass is 219 g/mol. The lowest BCUT2D eigenvalue weighted by Gasteiger charge is -2.09. The number of pyridine rings is 1. The molecule has 2 N–H and O–H groups in total. The normalized spacial score (nSPS) is 21.6. The molecule has 1 aliphatic carbocycles. The molecule has 3 nitrogen and oxygen atoms in total. The van der Waals surface area contributed by atoms with Gasteiger partial charge in [0.05, 0.1) is 23.8 Å². The van der Waals surface area contributed by atoms with Crippen LogP contribution in [0.25, 0.3) is 0 Å². The van der Waals surface area contributed by atoms with Crippen molar-refractivity contribution < 1.29 is 0 Å². The van der Waals surface area contributed by atoms with Gasteiger partial charge in [0.2, 0.25) is 0 Å². The summed E-state index contributed by atoms with van der Waals surface area (Å²) in [6, 6.07) is 2.62. The average Bonchev–Trinajstić information content (AvgIpc) is 2.61. The van der Waals surface area contributed by atoms with Gasteiger partial charge in [-0.05, 0) is 16.9 Å². The van der Waals surface area contributed by atoms with E-state index in [-0.39, 0.29) is 0 Å². The Morgan fingerprint density at radius 2 is 1.62 bits per heavy atom. The SMILES string of the molecule is CNc1cncc(NC2C(C)(C)C2(C)C)c1. The maximum Gasteiger partial charge on any atom is 0.0550 e. The predicted molar refractivity (Wildman–Crippen MR) is 68.8 cm³/mol. The van der Waals surface area contributed by atoms with Crippen molar-refractivity contribution in [3.05, 3.63) is 18.5 Å². The summed E-state index contributed by atoms with van der Waals surface area (Å²) in [5.41, 5.74) is 2.84. The highest BCUT2D eigenvalue weighted by Crippen LogP contribution is 2.63. The molecule has 2 rings (SSSR count). The Balaban J connectivity index is 2.12. The minimum atomic E-state index is 0.350. The second kappa shape index (κ2) is 3.37. The van der Waals surface area contributed by atoms with Crippen LogP contribution in [0.4, 0.5) is 11.4 Å². The first-order chi connectivity index (χ1) is 7.39. The number of anilines is 2. The molecular weight excluding hydrogens is 198 g/mol. The molecule has 1 aliphatic rings. The van der Waals surface area contributed by atoms with Gasteiger partial charge in [0.25, 0.3) is 0 Å². The molecule has 88 valence electrons. The molecule has 0 atom stereocenters. The first-order valence-corrected chi connectivity index (χ1v) is 5.79. The van der Waals surface area contributed by atoms with Crippen LogP contribution in [-0.2, 0) is 0 Å². The van der Waals surface area contributed by atoms with Crippen LogP contribution in [0.1, 0.15) is 27.7 Å². The van der Waals surface area contributed by atoms with E-state index in [1.54, 1.807) is 0 Å². The van der Waals surface area contributed by atoms with E-state index in [9.17, 15) is 0 Å². The van der Waals surface area contributed by atoms with Crippen molar-refractivity contribution in [2.75, 3.05) is 17.7 Å². The van der Waals surface area contributed by atoms with E-state index in [0.29, 0.717) is 16.9 Å². The fourth-order valence-electron chi connectivity index (χ4n) is 2.38. The van der Waals surface area contributed by atoms with Gasteiger partial charge in [-0.15, -0.1) is 0 Å². The molecule has 1 aromatic heterocycles. The molecule has 1 saturated carbocycles. The van der Waals surface area contributed by atoms with Gasteiger partial charge in [-0.2, -0.15) is 0 Å². The van der Waals surface area contributed by atoms with Gasteiger partial charge < -0.3 is 10.6 Å². The van der Waals surface area contributed by atoms with Crippen molar-refractivity contribution in [3.63, 3.8) is 0 Å². The molecule has 0 unspecified atom stereocenters. The fraction of sp³-hybridized carbons (Fsp3) is 0.615. The van der Waals surface area contributed by atoms with Gasteiger partial charge in [-0.25, -0.2) is 0 Å². The lowest BCUT2D eigenvalue weighted by molar-refractivity contribution is 0.457. The summed E-state index contributed by atoms with van der Waals surface area (Å²) in [7, 11) is 1.91. The zero-order valence-corrected chi connectivity index (χ0v) is 10.8. The summed E-state index contributed by atoms with van der Waals surface area (Å²) in [6.45, 7) is 9.22. The number of hydrogen-bond acceptors (Lipinski definition) is 3. The third kappa shape index (κ3) is 1.55. The van der Waals surface area contributed by atoms with Crippen molar-refractivity contribution in [2.45, 2.75) is 33.7 Å². The molecule has 16 heavy (non-hydrogen) atoms. The van der Waals surface area contributed by atoms with Crippen LogP contribution in [-0.4, -0.2) is 18.1 Å². The first kappa shape index (κ1) is 11.2. The Morgan fingerprint density at radius 1 is 1.06 bits per heavy atom. The Hall–Kier alpha value is -1.25. The number of nitrogens with one attached hydrogen (secondary N) is 2. The van der Waals surface area contributed by atoms with Crippen LogP contribution in [0.5, 0.6) is 0 Å². The third-order valence-electron chi connectivity index (χ3n) is 4.36. The van der Waals surface area contributed by atoms with E-state index in [4.69, 9.17) is 0 Å². The Labute approximate surface area is 97.7 Å². The average molecular weight is 219 g/mol. The maximum absolute atomic E-state index is 4.21. The van der Waals surface area contributed by atoms with Crippen LogP contribution < -0.4 is 10.6 Å². The molecule has 0 aliphatic heterocycles. The molecule has 0 radical (unpaired) electrons. The van der Waals surface area contributed by atoms with E-state index in [2.05, 4.69) is 49.4 Å². The van der Waals surface area contributed by atoms with Crippen LogP contribution in [0.15, 0.2) is 18.5 Å². The Bertz CT molecular complexity index is 382. The first-order valence-electron chi connectivity index (χ1n) is 5.79. The Morgan fingerprint density at radius 3 is 2.12 bits per heavy atom. The molecule has 1 fully saturated rings. The van der Waals surface area contributed by atoms with Crippen molar-refractivity contribution in [3.8, 4) is 0 Å². The van der Waals surface area contributed by atoms with E-state index in [0.717, 1.165) is 11.4 Å². The summed E-state index contributed by atoms with van der Waals surface area (Å²) < 4.78 is 0. The van der Waals surface area contributed by atoms with Crippen LogP contribution in [0.3, 0.4) is 0 Å². The molecule has 0 aromatic carbocycles. The van der Waals surface area contributed by atoms with Crippen LogP contribution >= 0.6 is 0 Å². The quantitative estimate of drug-likeness (QED) is 0.820. The van der Waals surface area contributed by atoms with Crippen LogP contribution in [0.2, 0.25) is 0 Å². The van der Waals surface area contributed by atoms with Crippen molar-refractivity contribution >= 4 is 11.4 Å². The topological polar surface area (TPSA) is 37.0 Å². The number of hydrogen-bond donors (Lipinski definition) is 2. The summed E-state index contributed by atoms with van der Waals surface area (Å²) in [5, 5.41) is 6.67. The van der Waals surface area contributed by atoms with E-state index in [1.165, 1.54) is 0 Å². The molecular formula is C13H21N3. The second-order valence-electron chi connectivity index (χ2n) is 5.73. The minimum absolute atomic E-state index is 0.350. The van der Waals surface area contributed by atoms with Crippen molar-refractivity contribution in [2.24, 2.45) is 10.8 Å². The van der Waals surface area contributed by atoms with Gasteiger partial charge in [-0.1, -0.05) is 27.7 Å². The number of rotatable bonds is 3. The van der Waals surface area contributed by atoms with E-state index < -0.39 is 0 Å². The predicted octanol–water partition coefficient (Wildman–Crippen LogP) is 2.97. The molecule has 0 saturated heterocycles. The molecule has 0 amide bonds. The van der Waals surface area contributed by atoms with Gasteiger partial charge in [0.15, 0.2) is 0 Å². The zero-order valence-electron chi connectivity index (χ0n) is 10.8. The highest BCUT2D eigenvalue weighted by Gasteiger charge is 2.64. The highest BCUT2D eigenvalue weighted by molar-refractivity contribution is 5.55. The number of aromatic nitrogens is 1. The molecule has 0 spiro atoms. The molecule has 1 aromatic rings. The van der Waals surface area contributed by atoms with Crippen molar-refractivity contribution in [1.29, 1.82) is 0 Å². The molecule has 1 heterocycles. The summed E-state index contributed by atoms with van der Waals surface area (Å²) in [4.78, 5) is 4.21. The highest BCUT2D eigenvalue weighted by atomic mass is 15.1. The smallest absolute Gasteiger partial charge is 0.0550 e. The van der Waals surface area contributed by atoms with Crippen molar-refractivity contribution in [1.82, 2.24) is 4.98 Å². The zero-order chi connectivity index (χ0) is 12.0. The lowest BCUT2D eigenvalue weighted by atomic mass is 10.0. The number of nitrogens with zero attached hydrogens (tertiary/aromatic N) is 1. The summed E-state index contributed by atoms with van der Waals surface area (Å²) >= 11 is 0. The maximum atomic E-state index is 4.21. The molecule has 3 heteroatoms. The lowest BCUT2D eigenvalue weighted by Crippen LogP contribution is -2.10. The van der Waals surface area contributed by atoms with E-state index >= 15 is 0 Å². The van der Waals surface area contributed by atoms with E-state index in [1.807, 2.05) is 19.4 Å². The van der Waals surface area contributed by atoms with Gasteiger partial charge in [0, 0.05) is 13.1 Å². The standard InChI is InChI=1S/C13H21N3/c1-12(2)11(13(12,3)4)16-10-6-9(14-5)7-15-8-10/h6-8,11,14,16H,1-5H3.